The lowest BCUT2D eigenvalue weighted by Gasteiger charge is -2.37. The molecule has 2 aliphatic rings. The smallest absolute Gasteiger partial charge is 0.413 e. The van der Waals surface area contributed by atoms with E-state index in [-0.39, 0.29) is 11.1 Å². The van der Waals surface area contributed by atoms with Gasteiger partial charge in [0.05, 0.1) is 6.54 Å². The van der Waals surface area contributed by atoms with Crippen LogP contribution in [0.2, 0.25) is 18.1 Å². The van der Waals surface area contributed by atoms with Crippen molar-refractivity contribution in [3.05, 3.63) is 23.9 Å². The number of cyclic esters (lactones) is 1. The molecular weight excluding hydrogens is 306 g/mol. The number of hydrogen-bond acceptors (Lipinski definition) is 3. The van der Waals surface area contributed by atoms with Gasteiger partial charge in [-0.3, -0.25) is 4.90 Å². The Kier molecular flexibility index (Phi) is 5.41. The minimum absolute atomic E-state index is 0.228. The zero-order valence-electron chi connectivity index (χ0n) is 15.4. The van der Waals surface area contributed by atoms with Crippen LogP contribution in [0.4, 0.5) is 4.79 Å². The van der Waals surface area contributed by atoms with E-state index in [2.05, 4.69) is 52.9 Å². The highest BCUT2D eigenvalue weighted by Crippen LogP contribution is 2.37. The van der Waals surface area contributed by atoms with Gasteiger partial charge in [0.2, 0.25) is 0 Å². The minimum atomic E-state index is -1.71. The fourth-order valence-electron chi connectivity index (χ4n) is 2.54. The van der Waals surface area contributed by atoms with Crippen molar-refractivity contribution in [2.75, 3.05) is 19.8 Å². The van der Waals surface area contributed by atoms with Gasteiger partial charge in [0.25, 0.3) is 0 Å². The molecule has 4 nitrogen and oxygen atoms in total. The summed E-state index contributed by atoms with van der Waals surface area (Å²) in [4.78, 5) is 13.3. The van der Waals surface area contributed by atoms with E-state index in [0.717, 1.165) is 13.0 Å². The first-order chi connectivity index (χ1) is 10.6. The molecule has 1 fully saturated rings. The highest BCUT2D eigenvalue weighted by Gasteiger charge is 2.37. The van der Waals surface area contributed by atoms with E-state index < -0.39 is 8.32 Å². The van der Waals surface area contributed by atoms with Crippen LogP contribution in [0.25, 0.3) is 0 Å². The van der Waals surface area contributed by atoms with Gasteiger partial charge in [-0.2, -0.15) is 0 Å². The first-order valence-corrected chi connectivity index (χ1v) is 11.5. The predicted octanol–water partition coefficient (Wildman–Crippen LogP) is 4.56. The maximum Gasteiger partial charge on any atom is 0.413 e. The highest BCUT2D eigenvalue weighted by molar-refractivity contribution is 6.74. The van der Waals surface area contributed by atoms with Crippen molar-refractivity contribution in [2.24, 2.45) is 11.8 Å². The summed E-state index contributed by atoms with van der Waals surface area (Å²) in [5.74, 6) is 0.762. The molecule has 1 heterocycles. The van der Waals surface area contributed by atoms with E-state index in [1.54, 1.807) is 4.90 Å². The lowest BCUT2D eigenvalue weighted by atomic mass is 9.85. The van der Waals surface area contributed by atoms with Crippen LogP contribution >= 0.6 is 0 Å². The van der Waals surface area contributed by atoms with Gasteiger partial charge in [-0.1, -0.05) is 39.8 Å². The second-order valence-corrected chi connectivity index (χ2v) is 13.0. The molecule has 1 aliphatic carbocycles. The summed E-state index contributed by atoms with van der Waals surface area (Å²) >= 11 is 0. The number of carbonyl (C=O) groups is 1. The molecule has 2 rings (SSSR count). The van der Waals surface area contributed by atoms with Gasteiger partial charge in [0.1, 0.15) is 6.61 Å². The molecule has 0 bridgehead atoms. The maximum absolute atomic E-state index is 11.6. The summed E-state index contributed by atoms with van der Waals surface area (Å²) in [6.45, 7) is 15.5. The van der Waals surface area contributed by atoms with Crippen LogP contribution in [0.3, 0.4) is 0 Å². The van der Waals surface area contributed by atoms with Crippen LogP contribution in [0.15, 0.2) is 23.9 Å². The summed E-state index contributed by atoms with van der Waals surface area (Å²) in [6.07, 6.45) is 7.22. The van der Waals surface area contributed by atoms with E-state index >= 15 is 0 Å². The fraction of sp³-hybridized carbons (Fsp3) is 0.722. The lowest BCUT2D eigenvalue weighted by molar-refractivity contribution is 0.166. The van der Waals surface area contributed by atoms with Crippen molar-refractivity contribution in [2.45, 2.75) is 52.2 Å². The van der Waals surface area contributed by atoms with Crippen LogP contribution in [0, 0.1) is 11.8 Å². The number of hydrogen-bond donors (Lipinski definition) is 0. The first kappa shape index (κ1) is 18.3. The summed E-state index contributed by atoms with van der Waals surface area (Å²) in [5, 5.41) is 0.233. The van der Waals surface area contributed by atoms with Gasteiger partial charge in [-0.25, -0.2) is 4.79 Å². The quantitative estimate of drug-likeness (QED) is 0.558. The van der Waals surface area contributed by atoms with E-state index in [9.17, 15) is 4.79 Å². The number of allylic oxidation sites excluding steroid dienone is 2. The van der Waals surface area contributed by atoms with Crippen molar-refractivity contribution in [3.63, 3.8) is 0 Å². The molecule has 0 saturated carbocycles. The van der Waals surface area contributed by atoms with Gasteiger partial charge in [0.15, 0.2) is 8.32 Å². The summed E-state index contributed by atoms with van der Waals surface area (Å²) in [6, 6.07) is 0. The third-order valence-electron chi connectivity index (χ3n) is 5.33. The molecule has 0 aromatic heterocycles. The molecule has 23 heavy (non-hydrogen) atoms. The molecule has 5 heteroatoms. The third kappa shape index (κ3) is 4.48. The fourth-order valence-corrected chi connectivity index (χ4v) is 3.61. The average Bonchev–Trinajstić information content (AvgIpc) is 2.84. The standard InChI is InChI=1S/C18H31NO3Si/c1-14-7-8-15(13-22-23(5,6)18(2,3)4)11-16(14)12-19-9-10-21-17(19)20/h7-8,12,14-15H,9-11,13H2,1-6H3/b16-12-/t14-,15+/m0/s1. The van der Waals surface area contributed by atoms with Crippen molar-refractivity contribution >= 4 is 14.4 Å². The molecule has 0 radical (unpaired) electrons. The molecular formula is C18H31NO3Si. The number of nitrogens with zero attached hydrogens (tertiary/aromatic N) is 1. The topological polar surface area (TPSA) is 38.8 Å². The number of carbonyl (C=O) groups excluding carboxylic acids is 1. The Balaban J connectivity index is 1.99. The largest absolute Gasteiger partial charge is 0.447 e. The van der Waals surface area contributed by atoms with Crippen LogP contribution in [-0.4, -0.2) is 39.1 Å². The Morgan fingerprint density at radius 3 is 2.65 bits per heavy atom. The van der Waals surface area contributed by atoms with Crippen molar-refractivity contribution in [1.82, 2.24) is 4.90 Å². The van der Waals surface area contributed by atoms with Gasteiger partial charge in [-0.15, -0.1) is 0 Å². The predicted molar refractivity (Wildman–Crippen MR) is 95.7 cm³/mol. The Labute approximate surface area is 141 Å². The number of rotatable bonds is 4. The molecule has 0 spiro atoms. The highest BCUT2D eigenvalue weighted by atomic mass is 28.4. The van der Waals surface area contributed by atoms with Crippen LogP contribution in [0.5, 0.6) is 0 Å². The summed E-state index contributed by atoms with van der Waals surface area (Å²) in [5.41, 5.74) is 1.29. The third-order valence-corrected chi connectivity index (χ3v) is 9.83. The average molecular weight is 338 g/mol. The second-order valence-electron chi connectivity index (χ2n) is 8.22. The van der Waals surface area contributed by atoms with Crippen LogP contribution in [0.1, 0.15) is 34.1 Å². The van der Waals surface area contributed by atoms with E-state index in [0.29, 0.717) is 25.0 Å². The molecule has 1 amide bonds. The number of ether oxygens (including phenoxy) is 1. The van der Waals surface area contributed by atoms with Gasteiger partial charge in [-0.05, 0) is 36.0 Å². The summed E-state index contributed by atoms with van der Waals surface area (Å²) in [7, 11) is -1.71. The molecule has 0 N–H and O–H groups in total. The monoisotopic (exact) mass is 337 g/mol. The Morgan fingerprint density at radius 2 is 2.09 bits per heavy atom. The lowest BCUT2D eigenvalue weighted by Crippen LogP contribution is -2.42. The molecule has 1 saturated heterocycles. The molecule has 1 aliphatic heterocycles. The van der Waals surface area contributed by atoms with Crippen molar-refractivity contribution < 1.29 is 14.0 Å². The summed E-state index contributed by atoms with van der Waals surface area (Å²) < 4.78 is 11.4. The van der Waals surface area contributed by atoms with Crippen molar-refractivity contribution in [3.8, 4) is 0 Å². The van der Waals surface area contributed by atoms with Gasteiger partial charge < -0.3 is 9.16 Å². The Hall–Kier alpha value is -1.07. The van der Waals surface area contributed by atoms with E-state index in [4.69, 9.17) is 9.16 Å². The van der Waals surface area contributed by atoms with Crippen LogP contribution in [-0.2, 0) is 9.16 Å². The molecule has 130 valence electrons. The van der Waals surface area contributed by atoms with E-state index in [1.165, 1.54) is 5.57 Å². The van der Waals surface area contributed by atoms with Crippen LogP contribution < -0.4 is 0 Å². The molecule has 0 aromatic carbocycles. The second kappa shape index (κ2) is 6.81. The first-order valence-electron chi connectivity index (χ1n) is 8.56. The Bertz CT molecular complexity index is 505. The SMILES string of the molecule is C[C@H]1C=C[C@@H](CO[Si](C)(C)C(C)(C)C)C/C1=C/N1CCOC1=O. The Morgan fingerprint density at radius 1 is 1.39 bits per heavy atom. The van der Waals surface area contributed by atoms with Gasteiger partial charge in [0, 0.05) is 18.7 Å². The van der Waals surface area contributed by atoms with Gasteiger partial charge >= 0.3 is 6.09 Å². The molecule has 0 unspecified atom stereocenters. The molecule has 0 aromatic rings. The zero-order chi connectivity index (χ0) is 17.3. The maximum atomic E-state index is 11.6. The normalized spacial score (nSPS) is 27.7. The zero-order valence-corrected chi connectivity index (χ0v) is 16.4. The van der Waals surface area contributed by atoms with Crippen molar-refractivity contribution in [1.29, 1.82) is 0 Å². The number of amides is 1. The van der Waals surface area contributed by atoms with E-state index in [1.807, 2.05) is 6.20 Å². The minimum Gasteiger partial charge on any atom is -0.447 e. The molecule has 2 atom stereocenters.